The van der Waals surface area contributed by atoms with Crippen LogP contribution in [0.5, 0.6) is 0 Å². The first-order valence-electron chi connectivity index (χ1n) is 7.94. The molecule has 0 bridgehead atoms. The van der Waals surface area contributed by atoms with E-state index in [1.807, 2.05) is 36.9 Å². The molecule has 1 unspecified atom stereocenters. The van der Waals surface area contributed by atoms with Crippen LogP contribution >= 0.6 is 15.9 Å². The standard InChI is InChI=1S/C17H23BrN2O3/c1-3-23-17(22)13-5-4-8-20(10-13)11-16(21)19-15-7-6-12(2)9-14(15)18/h6-7,9,13H,3-5,8,10-11H2,1-2H3,(H,19,21). The van der Waals surface area contributed by atoms with Gasteiger partial charge in [0.2, 0.25) is 5.91 Å². The summed E-state index contributed by atoms with van der Waals surface area (Å²) in [7, 11) is 0. The van der Waals surface area contributed by atoms with Crippen molar-refractivity contribution in [3.05, 3.63) is 28.2 Å². The summed E-state index contributed by atoms with van der Waals surface area (Å²) in [5, 5.41) is 2.91. The van der Waals surface area contributed by atoms with Crippen LogP contribution < -0.4 is 5.32 Å². The number of rotatable bonds is 5. The predicted octanol–water partition coefficient (Wildman–Crippen LogP) is 2.97. The lowest BCUT2D eigenvalue weighted by molar-refractivity contribution is -0.150. The second-order valence-corrected chi connectivity index (χ2v) is 6.71. The maximum Gasteiger partial charge on any atom is 0.310 e. The van der Waals surface area contributed by atoms with Crippen molar-refractivity contribution < 1.29 is 14.3 Å². The van der Waals surface area contributed by atoms with Gasteiger partial charge in [-0.15, -0.1) is 0 Å². The van der Waals surface area contributed by atoms with Gasteiger partial charge in [0, 0.05) is 11.0 Å². The molecule has 0 aromatic heterocycles. The number of amides is 1. The Morgan fingerprint density at radius 2 is 2.22 bits per heavy atom. The van der Waals surface area contributed by atoms with Crippen molar-refractivity contribution in [3.8, 4) is 0 Å². The SMILES string of the molecule is CCOC(=O)C1CCCN(CC(=O)Nc2ccc(C)cc2Br)C1. The van der Waals surface area contributed by atoms with Gasteiger partial charge in [-0.1, -0.05) is 6.07 Å². The fourth-order valence-corrected chi connectivity index (χ4v) is 3.36. The number of likely N-dealkylation sites (tertiary alicyclic amines) is 1. The molecule has 0 radical (unpaired) electrons. The lowest BCUT2D eigenvalue weighted by atomic mass is 9.98. The fraction of sp³-hybridized carbons (Fsp3) is 0.529. The largest absolute Gasteiger partial charge is 0.466 e. The first kappa shape index (κ1) is 17.9. The fourth-order valence-electron chi connectivity index (χ4n) is 2.77. The molecule has 0 aliphatic carbocycles. The van der Waals surface area contributed by atoms with E-state index in [0.717, 1.165) is 35.1 Å². The molecule has 1 aliphatic heterocycles. The third-order valence-electron chi connectivity index (χ3n) is 3.89. The van der Waals surface area contributed by atoms with Gasteiger partial charge < -0.3 is 10.1 Å². The van der Waals surface area contributed by atoms with Crippen molar-refractivity contribution in [1.29, 1.82) is 0 Å². The number of ether oxygens (including phenoxy) is 1. The van der Waals surface area contributed by atoms with E-state index in [1.54, 1.807) is 0 Å². The summed E-state index contributed by atoms with van der Waals surface area (Å²) >= 11 is 3.46. The van der Waals surface area contributed by atoms with Crippen LogP contribution in [0.1, 0.15) is 25.3 Å². The Morgan fingerprint density at radius 3 is 2.91 bits per heavy atom. The summed E-state index contributed by atoms with van der Waals surface area (Å²) in [6, 6.07) is 5.81. The smallest absolute Gasteiger partial charge is 0.310 e. The summed E-state index contributed by atoms with van der Waals surface area (Å²) in [6.07, 6.45) is 1.74. The summed E-state index contributed by atoms with van der Waals surface area (Å²) in [5.74, 6) is -0.347. The first-order chi connectivity index (χ1) is 11.0. The molecule has 1 heterocycles. The van der Waals surface area contributed by atoms with Crippen molar-refractivity contribution in [3.63, 3.8) is 0 Å². The lowest BCUT2D eigenvalue weighted by Gasteiger charge is -2.30. The van der Waals surface area contributed by atoms with Crippen LogP contribution in [0.25, 0.3) is 0 Å². The number of hydrogen-bond acceptors (Lipinski definition) is 4. The quantitative estimate of drug-likeness (QED) is 0.795. The average molecular weight is 383 g/mol. The molecule has 1 aromatic rings. The van der Waals surface area contributed by atoms with Crippen LogP contribution in [-0.2, 0) is 14.3 Å². The number of piperidine rings is 1. The van der Waals surface area contributed by atoms with E-state index in [2.05, 4.69) is 21.2 Å². The Balaban J connectivity index is 1.88. The van der Waals surface area contributed by atoms with Crippen LogP contribution in [0.4, 0.5) is 5.69 Å². The maximum atomic E-state index is 12.2. The normalized spacial score (nSPS) is 18.5. The Bertz CT molecular complexity index is 577. The molecule has 1 N–H and O–H groups in total. The molecule has 0 spiro atoms. The van der Waals surface area contributed by atoms with Crippen molar-refractivity contribution in [1.82, 2.24) is 4.90 Å². The summed E-state index contributed by atoms with van der Waals surface area (Å²) < 4.78 is 5.95. The van der Waals surface area contributed by atoms with Gasteiger partial charge in [-0.3, -0.25) is 14.5 Å². The summed E-state index contributed by atoms with van der Waals surface area (Å²) in [6.45, 7) is 5.91. The van der Waals surface area contributed by atoms with E-state index in [9.17, 15) is 9.59 Å². The van der Waals surface area contributed by atoms with Gasteiger partial charge in [0.05, 0.1) is 24.8 Å². The number of esters is 1. The second kappa shape index (κ2) is 8.45. The van der Waals surface area contributed by atoms with Crippen LogP contribution in [0, 0.1) is 12.8 Å². The van der Waals surface area contributed by atoms with E-state index in [0.29, 0.717) is 13.2 Å². The number of hydrogen-bond donors (Lipinski definition) is 1. The number of aryl methyl sites for hydroxylation is 1. The van der Waals surface area contributed by atoms with Crippen LogP contribution in [0.15, 0.2) is 22.7 Å². The van der Waals surface area contributed by atoms with E-state index in [-0.39, 0.29) is 24.3 Å². The molecule has 1 atom stereocenters. The summed E-state index contributed by atoms with van der Waals surface area (Å²) in [4.78, 5) is 26.1. The topological polar surface area (TPSA) is 58.6 Å². The van der Waals surface area contributed by atoms with Gasteiger partial charge in [0.1, 0.15) is 0 Å². The van der Waals surface area contributed by atoms with Crippen molar-refractivity contribution in [2.75, 3.05) is 31.6 Å². The molecule has 5 nitrogen and oxygen atoms in total. The highest BCUT2D eigenvalue weighted by atomic mass is 79.9. The number of nitrogens with zero attached hydrogens (tertiary/aromatic N) is 1. The van der Waals surface area contributed by atoms with Crippen LogP contribution in [0.3, 0.4) is 0 Å². The molecular weight excluding hydrogens is 360 g/mol. The Morgan fingerprint density at radius 1 is 1.43 bits per heavy atom. The molecule has 1 fully saturated rings. The van der Waals surface area contributed by atoms with Gasteiger partial charge in [-0.05, 0) is 66.9 Å². The second-order valence-electron chi connectivity index (χ2n) is 5.86. The minimum absolute atomic E-state index is 0.0703. The number of halogens is 1. The third-order valence-corrected chi connectivity index (χ3v) is 4.55. The van der Waals surface area contributed by atoms with Crippen LogP contribution in [0.2, 0.25) is 0 Å². The maximum absolute atomic E-state index is 12.2. The van der Waals surface area contributed by atoms with E-state index in [4.69, 9.17) is 4.74 Å². The van der Waals surface area contributed by atoms with E-state index in [1.165, 1.54) is 0 Å². The molecule has 1 aliphatic rings. The number of carbonyl (C=O) groups is 2. The number of anilines is 1. The first-order valence-corrected chi connectivity index (χ1v) is 8.74. The molecule has 1 amide bonds. The van der Waals surface area contributed by atoms with Crippen LogP contribution in [-0.4, -0.2) is 43.0 Å². The van der Waals surface area contributed by atoms with Crippen molar-refractivity contribution in [2.24, 2.45) is 5.92 Å². The van der Waals surface area contributed by atoms with Crippen molar-refractivity contribution in [2.45, 2.75) is 26.7 Å². The van der Waals surface area contributed by atoms with Gasteiger partial charge in [-0.25, -0.2) is 0 Å². The third kappa shape index (κ3) is 5.32. The molecule has 23 heavy (non-hydrogen) atoms. The van der Waals surface area contributed by atoms with Gasteiger partial charge in [0.25, 0.3) is 0 Å². The molecule has 6 heteroatoms. The predicted molar refractivity (Wildman–Crippen MR) is 93.3 cm³/mol. The Hall–Kier alpha value is -1.40. The number of carbonyl (C=O) groups excluding carboxylic acids is 2. The van der Waals surface area contributed by atoms with Gasteiger partial charge in [0.15, 0.2) is 0 Å². The highest BCUT2D eigenvalue weighted by molar-refractivity contribution is 9.10. The minimum Gasteiger partial charge on any atom is -0.466 e. The zero-order valence-corrected chi connectivity index (χ0v) is 15.2. The molecule has 1 aromatic carbocycles. The molecular formula is C17H23BrN2O3. The average Bonchev–Trinajstić information content (AvgIpc) is 2.50. The Kier molecular flexibility index (Phi) is 6.59. The van der Waals surface area contributed by atoms with E-state index < -0.39 is 0 Å². The minimum atomic E-state index is -0.154. The highest BCUT2D eigenvalue weighted by Gasteiger charge is 2.27. The summed E-state index contributed by atoms with van der Waals surface area (Å²) in [5.41, 5.74) is 1.89. The van der Waals surface area contributed by atoms with Crippen molar-refractivity contribution >= 4 is 33.5 Å². The molecule has 0 saturated carbocycles. The molecule has 126 valence electrons. The molecule has 1 saturated heterocycles. The monoisotopic (exact) mass is 382 g/mol. The molecule has 2 rings (SSSR count). The zero-order valence-electron chi connectivity index (χ0n) is 13.6. The number of nitrogens with one attached hydrogen (secondary N) is 1. The zero-order chi connectivity index (χ0) is 16.8. The van der Waals surface area contributed by atoms with Gasteiger partial charge in [-0.2, -0.15) is 0 Å². The lowest BCUT2D eigenvalue weighted by Crippen LogP contribution is -2.43. The Labute approximate surface area is 145 Å². The highest BCUT2D eigenvalue weighted by Crippen LogP contribution is 2.23. The van der Waals surface area contributed by atoms with Gasteiger partial charge >= 0.3 is 5.97 Å². The van der Waals surface area contributed by atoms with E-state index >= 15 is 0 Å². The number of benzene rings is 1.